The van der Waals surface area contributed by atoms with Crippen molar-refractivity contribution < 1.29 is 0 Å². The van der Waals surface area contributed by atoms with Gasteiger partial charge in [-0.1, -0.05) is 38.1 Å². The highest BCUT2D eigenvalue weighted by Crippen LogP contribution is 1.90. The molecule has 0 aliphatic rings. The highest BCUT2D eigenvalue weighted by molar-refractivity contribution is 7.35. The zero-order chi connectivity index (χ0) is 7.98. The standard InChI is InChI=1S/C6H8P2.C2H6/c7-5-3-1-2-4-6(5)8;1-2/h1-4H,7-8H2;1-2H3. The van der Waals surface area contributed by atoms with Crippen LogP contribution in [0.4, 0.5) is 0 Å². The molecule has 0 heterocycles. The summed E-state index contributed by atoms with van der Waals surface area (Å²) in [7, 11) is 5.33. The van der Waals surface area contributed by atoms with Gasteiger partial charge in [0.25, 0.3) is 0 Å². The van der Waals surface area contributed by atoms with Gasteiger partial charge in [0, 0.05) is 0 Å². The zero-order valence-electron chi connectivity index (χ0n) is 6.46. The predicted octanol–water partition coefficient (Wildman–Crippen LogP) is 1.71. The van der Waals surface area contributed by atoms with Crippen molar-refractivity contribution in [1.82, 2.24) is 0 Å². The van der Waals surface area contributed by atoms with Crippen molar-refractivity contribution in [1.29, 1.82) is 0 Å². The monoisotopic (exact) mass is 172 g/mol. The summed E-state index contributed by atoms with van der Waals surface area (Å²) in [5, 5.41) is 2.50. The molecule has 0 saturated heterocycles. The van der Waals surface area contributed by atoms with Gasteiger partial charge >= 0.3 is 0 Å². The summed E-state index contributed by atoms with van der Waals surface area (Å²) in [5.41, 5.74) is 0. The Kier molecular flexibility index (Phi) is 5.88. The molecule has 0 N–H and O–H groups in total. The van der Waals surface area contributed by atoms with Crippen LogP contribution in [0.1, 0.15) is 13.8 Å². The van der Waals surface area contributed by atoms with E-state index in [0.29, 0.717) is 0 Å². The molecule has 1 aromatic carbocycles. The number of rotatable bonds is 0. The van der Waals surface area contributed by atoms with E-state index in [2.05, 4.69) is 30.6 Å². The van der Waals surface area contributed by atoms with Crippen LogP contribution >= 0.6 is 18.5 Å². The Hall–Kier alpha value is 0.0800. The molecule has 2 atom stereocenters. The number of hydrogen-bond donors (Lipinski definition) is 0. The molecule has 0 nitrogen and oxygen atoms in total. The van der Waals surface area contributed by atoms with Crippen molar-refractivity contribution >= 4 is 29.1 Å². The van der Waals surface area contributed by atoms with Gasteiger partial charge in [-0.3, -0.25) is 0 Å². The smallest absolute Gasteiger partial charge is 0.0231 e. The van der Waals surface area contributed by atoms with Gasteiger partial charge in [0.1, 0.15) is 0 Å². The van der Waals surface area contributed by atoms with Crippen molar-refractivity contribution in [2.75, 3.05) is 0 Å². The molecule has 1 aromatic rings. The molecular formula is C8H14P2. The Morgan fingerprint density at radius 3 is 1.40 bits per heavy atom. The highest BCUT2D eigenvalue weighted by atomic mass is 31.0. The summed E-state index contributed by atoms with van der Waals surface area (Å²) in [6.07, 6.45) is 0. The van der Waals surface area contributed by atoms with E-state index >= 15 is 0 Å². The van der Waals surface area contributed by atoms with Crippen molar-refractivity contribution in [2.45, 2.75) is 13.8 Å². The summed E-state index contributed by atoms with van der Waals surface area (Å²) < 4.78 is 0. The average molecular weight is 172 g/mol. The molecule has 0 bridgehead atoms. The van der Waals surface area contributed by atoms with E-state index in [1.165, 1.54) is 10.6 Å². The quantitative estimate of drug-likeness (QED) is 0.522. The molecule has 10 heavy (non-hydrogen) atoms. The molecule has 0 fully saturated rings. The maximum absolute atomic E-state index is 2.67. The Morgan fingerprint density at radius 1 is 0.900 bits per heavy atom. The van der Waals surface area contributed by atoms with Crippen molar-refractivity contribution in [2.24, 2.45) is 0 Å². The Balaban J connectivity index is 0.000000371. The van der Waals surface area contributed by atoms with Crippen LogP contribution in [-0.4, -0.2) is 0 Å². The summed E-state index contributed by atoms with van der Waals surface area (Å²) >= 11 is 0. The van der Waals surface area contributed by atoms with Gasteiger partial charge in [-0.2, -0.15) is 0 Å². The van der Waals surface area contributed by atoms with E-state index in [1.54, 1.807) is 0 Å². The molecule has 0 aromatic heterocycles. The zero-order valence-corrected chi connectivity index (χ0v) is 8.77. The lowest BCUT2D eigenvalue weighted by Gasteiger charge is -1.93. The van der Waals surface area contributed by atoms with E-state index in [0.717, 1.165) is 0 Å². The molecule has 0 spiro atoms. The summed E-state index contributed by atoms with van der Waals surface area (Å²) in [6, 6.07) is 8.17. The SMILES string of the molecule is CC.Pc1ccccc1P. The topological polar surface area (TPSA) is 0 Å². The molecule has 1 rings (SSSR count). The fourth-order valence-electron chi connectivity index (χ4n) is 0.511. The van der Waals surface area contributed by atoms with Crippen LogP contribution in [0.3, 0.4) is 0 Å². The summed E-state index contributed by atoms with van der Waals surface area (Å²) in [5.74, 6) is 0. The third kappa shape index (κ3) is 3.30. The first kappa shape index (κ1) is 10.1. The molecule has 0 amide bonds. The van der Waals surface area contributed by atoms with Gasteiger partial charge in [0.2, 0.25) is 0 Å². The highest BCUT2D eigenvalue weighted by Gasteiger charge is 1.84. The van der Waals surface area contributed by atoms with E-state index < -0.39 is 0 Å². The number of hydrogen-bond acceptors (Lipinski definition) is 0. The number of benzene rings is 1. The third-order valence-electron chi connectivity index (χ3n) is 0.996. The van der Waals surface area contributed by atoms with Crippen molar-refractivity contribution in [3.05, 3.63) is 24.3 Å². The van der Waals surface area contributed by atoms with Crippen LogP contribution in [-0.2, 0) is 0 Å². The average Bonchev–Trinajstić information content (AvgIpc) is 2.00. The normalized spacial score (nSPS) is 8.00. The lowest BCUT2D eigenvalue weighted by Crippen LogP contribution is -2.08. The van der Waals surface area contributed by atoms with Gasteiger partial charge in [-0.15, -0.1) is 18.5 Å². The largest absolute Gasteiger partial charge is 0.105 e. The van der Waals surface area contributed by atoms with Gasteiger partial charge in [-0.25, -0.2) is 0 Å². The maximum Gasteiger partial charge on any atom is -0.0231 e. The second-order valence-corrected chi connectivity index (χ2v) is 2.87. The Morgan fingerprint density at radius 2 is 1.20 bits per heavy atom. The van der Waals surface area contributed by atoms with Gasteiger partial charge in [0.05, 0.1) is 0 Å². The van der Waals surface area contributed by atoms with E-state index in [-0.39, 0.29) is 0 Å². The van der Waals surface area contributed by atoms with E-state index in [1.807, 2.05) is 26.0 Å². The molecule has 0 aliphatic carbocycles. The fourth-order valence-corrected chi connectivity index (χ4v) is 0.926. The lowest BCUT2D eigenvalue weighted by molar-refractivity contribution is 1.50. The molecular weight excluding hydrogens is 158 g/mol. The van der Waals surface area contributed by atoms with Gasteiger partial charge in [0.15, 0.2) is 0 Å². The van der Waals surface area contributed by atoms with Gasteiger partial charge < -0.3 is 0 Å². The lowest BCUT2D eigenvalue weighted by atomic mass is 10.4. The molecule has 56 valence electrons. The first-order valence-electron chi connectivity index (χ1n) is 3.40. The molecule has 2 unspecified atom stereocenters. The second-order valence-electron chi connectivity index (χ2n) is 1.63. The minimum atomic E-state index is 1.25. The minimum absolute atomic E-state index is 1.25. The fraction of sp³-hybridized carbons (Fsp3) is 0.250. The summed E-state index contributed by atoms with van der Waals surface area (Å²) in [6.45, 7) is 4.00. The van der Waals surface area contributed by atoms with Gasteiger partial charge in [-0.05, 0) is 10.6 Å². The molecule has 0 radical (unpaired) electrons. The van der Waals surface area contributed by atoms with Crippen LogP contribution < -0.4 is 10.6 Å². The van der Waals surface area contributed by atoms with Crippen molar-refractivity contribution in [3.63, 3.8) is 0 Å². The summed E-state index contributed by atoms with van der Waals surface area (Å²) in [4.78, 5) is 0. The minimum Gasteiger partial charge on any atom is -0.105 e. The van der Waals surface area contributed by atoms with E-state index in [4.69, 9.17) is 0 Å². The Labute approximate surface area is 67.8 Å². The third-order valence-corrected chi connectivity index (χ3v) is 2.38. The molecule has 0 aliphatic heterocycles. The van der Waals surface area contributed by atoms with Crippen molar-refractivity contribution in [3.8, 4) is 0 Å². The predicted molar refractivity (Wildman–Crippen MR) is 56.5 cm³/mol. The van der Waals surface area contributed by atoms with Crippen LogP contribution in [0.15, 0.2) is 24.3 Å². The molecule has 2 heteroatoms. The van der Waals surface area contributed by atoms with Crippen LogP contribution in [0.5, 0.6) is 0 Å². The first-order valence-corrected chi connectivity index (χ1v) is 4.56. The first-order chi connectivity index (χ1) is 4.80. The van der Waals surface area contributed by atoms with Crippen LogP contribution in [0.25, 0.3) is 0 Å². The molecule has 0 saturated carbocycles. The maximum atomic E-state index is 2.67. The van der Waals surface area contributed by atoms with Crippen LogP contribution in [0, 0.1) is 0 Å². The van der Waals surface area contributed by atoms with E-state index in [9.17, 15) is 0 Å². The Bertz CT molecular complexity index is 163. The van der Waals surface area contributed by atoms with Crippen LogP contribution in [0.2, 0.25) is 0 Å². The second kappa shape index (κ2) is 5.83.